The van der Waals surface area contributed by atoms with Crippen molar-refractivity contribution >= 4 is 23.6 Å². The molecule has 1 aromatic heterocycles. The van der Waals surface area contributed by atoms with Crippen molar-refractivity contribution in [3.63, 3.8) is 0 Å². The van der Waals surface area contributed by atoms with Gasteiger partial charge in [0.25, 0.3) is 0 Å². The van der Waals surface area contributed by atoms with Crippen LogP contribution in [0.2, 0.25) is 5.02 Å². The number of benzene rings is 2. The number of carboxylic acid groups (broad SMARTS) is 1. The molecule has 6 rings (SSSR count). The molecule has 2 amide bonds. The maximum absolute atomic E-state index is 13.9. The van der Waals surface area contributed by atoms with Gasteiger partial charge in [0.2, 0.25) is 5.88 Å². The van der Waals surface area contributed by atoms with Crippen LogP contribution in [0.25, 0.3) is 0 Å². The lowest BCUT2D eigenvalue weighted by Gasteiger charge is -2.39. The second-order valence-corrected chi connectivity index (χ2v) is 12.4. The summed E-state index contributed by atoms with van der Waals surface area (Å²) >= 11 is 6.39. The fraction of sp³-hybridized carbons (Fsp3) is 0.441. The van der Waals surface area contributed by atoms with Crippen molar-refractivity contribution in [3.05, 3.63) is 82.5 Å². The van der Waals surface area contributed by atoms with E-state index in [1.807, 2.05) is 31.2 Å². The Morgan fingerprint density at radius 1 is 1.00 bits per heavy atom. The zero-order valence-electron chi connectivity index (χ0n) is 25.4. The average Bonchev–Trinajstić information content (AvgIpc) is 3.39. The molecule has 3 saturated heterocycles. The van der Waals surface area contributed by atoms with Crippen LogP contribution in [0.1, 0.15) is 48.5 Å². The average molecular weight is 635 g/mol. The van der Waals surface area contributed by atoms with Gasteiger partial charge in [0.15, 0.2) is 6.61 Å². The molecule has 0 aliphatic carbocycles. The van der Waals surface area contributed by atoms with Gasteiger partial charge in [-0.1, -0.05) is 29.8 Å². The van der Waals surface area contributed by atoms with Crippen LogP contribution in [-0.4, -0.2) is 88.3 Å². The Morgan fingerprint density at radius 3 is 2.42 bits per heavy atom. The second kappa shape index (κ2) is 14.1. The largest absolute Gasteiger partial charge is 0.482 e. The Balaban J connectivity index is 1.07. The molecule has 3 aliphatic heterocycles. The first-order valence-electron chi connectivity index (χ1n) is 15.6. The van der Waals surface area contributed by atoms with E-state index in [-0.39, 0.29) is 24.2 Å². The minimum atomic E-state index is -1.03. The summed E-state index contributed by atoms with van der Waals surface area (Å²) in [7, 11) is 0. The molecule has 2 aromatic carbocycles. The van der Waals surface area contributed by atoms with Gasteiger partial charge in [0.05, 0.1) is 6.04 Å². The van der Waals surface area contributed by atoms with Crippen LogP contribution in [-0.2, 0) is 16.1 Å². The van der Waals surface area contributed by atoms with E-state index < -0.39 is 12.6 Å². The standard InChI is InChI=1S/C34H39ClN4O6/c1-23-25(5-10-32(36-23)45-30-8-6-29(7-9-30)44-22-33(40)41)20-37-15-11-28(12-16-37)39-31(24-3-2-4-26(35)19-24)21-38(34(39)42)27-13-17-43-18-14-27/h2-10,19,27-28,31H,11-18,20-22H2,1H3,(H,40,41). The summed E-state index contributed by atoms with van der Waals surface area (Å²) in [5.74, 6) is 0.505. The molecule has 1 N–H and O–H groups in total. The lowest BCUT2D eigenvalue weighted by molar-refractivity contribution is -0.139. The topological polar surface area (TPSA) is 105 Å². The van der Waals surface area contributed by atoms with Gasteiger partial charge >= 0.3 is 12.0 Å². The van der Waals surface area contributed by atoms with Crippen LogP contribution >= 0.6 is 11.6 Å². The van der Waals surface area contributed by atoms with Gasteiger partial charge in [-0.15, -0.1) is 0 Å². The van der Waals surface area contributed by atoms with Crippen LogP contribution in [0.5, 0.6) is 17.4 Å². The SMILES string of the molecule is Cc1nc(Oc2ccc(OCC(=O)O)cc2)ccc1CN1CCC(N2C(=O)N(C3CCOCC3)CC2c2cccc(Cl)c2)CC1. The summed E-state index contributed by atoms with van der Waals surface area (Å²) in [5, 5.41) is 9.46. The zero-order chi connectivity index (χ0) is 31.3. The van der Waals surface area contributed by atoms with E-state index in [1.165, 1.54) is 0 Å². The summed E-state index contributed by atoms with van der Waals surface area (Å²) in [5.41, 5.74) is 3.14. The number of likely N-dealkylation sites (tertiary alicyclic amines) is 1. The van der Waals surface area contributed by atoms with Crippen LogP contribution in [0.3, 0.4) is 0 Å². The monoisotopic (exact) mass is 634 g/mol. The van der Waals surface area contributed by atoms with E-state index in [4.69, 9.17) is 30.9 Å². The Hall–Kier alpha value is -3.86. The molecule has 11 heteroatoms. The number of carboxylic acids is 1. The van der Waals surface area contributed by atoms with Gasteiger partial charge in [-0.05, 0) is 80.1 Å². The van der Waals surface area contributed by atoms with Gasteiger partial charge in [0, 0.05) is 68.3 Å². The van der Waals surface area contributed by atoms with Crippen molar-refractivity contribution in [1.29, 1.82) is 0 Å². The summed E-state index contributed by atoms with van der Waals surface area (Å²) in [4.78, 5) is 36.0. The summed E-state index contributed by atoms with van der Waals surface area (Å²) in [6.07, 6.45) is 3.58. The quantitative estimate of drug-likeness (QED) is 0.293. The smallest absolute Gasteiger partial charge is 0.341 e. The molecule has 0 saturated carbocycles. The van der Waals surface area contributed by atoms with Crippen LogP contribution in [0, 0.1) is 6.92 Å². The summed E-state index contributed by atoms with van der Waals surface area (Å²) in [6, 6.07) is 19.2. The number of halogens is 1. The number of carbonyl (C=O) groups is 2. The van der Waals surface area contributed by atoms with Crippen molar-refractivity contribution in [2.75, 3.05) is 39.5 Å². The maximum atomic E-state index is 13.9. The minimum absolute atomic E-state index is 0.0111. The highest BCUT2D eigenvalue weighted by Gasteiger charge is 2.45. The number of ether oxygens (including phenoxy) is 3. The normalized spacial score (nSPS) is 20.0. The predicted octanol–water partition coefficient (Wildman–Crippen LogP) is 5.92. The molecule has 1 unspecified atom stereocenters. The van der Waals surface area contributed by atoms with Gasteiger partial charge in [-0.2, -0.15) is 0 Å². The minimum Gasteiger partial charge on any atom is -0.482 e. The van der Waals surface area contributed by atoms with E-state index in [2.05, 4.69) is 31.8 Å². The Morgan fingerprint density at radius 2 is 1.73 bits per heavy atom. The van der Waals surface area contributed by atoms with E-state index in [0.29, 0.717) is 42.2 Å². The summed E-state index contributed by atoms with van der Waals surface area (Å²) < 4.78 is 16.7. The number of nitrogens with zero attached hydrogens (tertiary/aromatic N) is 4. The van der Waals surface area contributed by atoms with Gasteiger partial charge in [-0.25, -0.2) is 14.6 Å². The molecule has 45 heavy (non-hydrogen) atoms. The predicted molar refractivity (Wildman–Crippen MR) is 169 cm³/mol. The number of rotatable bonds is 10. The number of pyridine rings is 1. The lowest BCUT2D eigenvalue weighted by Crippen LogP contribution is -2.48. The third kappa shape index (κ3) is 7.52. The lowest BCUT2D eigenvalue weighted by atomic mass is 9.98. The molecule has 3 aliphatic rings. The fourth-order valence-electron chi connectivity index (χ4n) is 6.58. The van der Waals surface area contributed by atoms with Gasteiger partial charge in [0.1, 0.15) is 11.5 Å². The molecule has 3 aromatic rings. The molecule has 0 bridgehead atoms. The van der Waals surface area contributed by atoms with Gasteiger partial charge in [-0.3, -0.25) is 4.90 Å². The fourth-order valence-corrected chi connectivity index (χ4v) is 6.78. The van der Waals surface area contributed by atoms with Crippen molar-refractivity contribution in [1.82, 2.24) is 19.7 Å². The highest BCUT2D eigenvalue weighted by molar-refractivity contribution is 6.30. The van der Waals surface area contributed by atoms with Gasteiger partial charge < -0.3 is 29.1 Å². The van der Waals surface area contributed by atoms with E-state index in [0.717, 1.165) is 62.1 Å². The Kier molecular flexibility index (Phi) is 9.73. The van der Waals surface area contributed by atoms with Crippen LogP contribution in [0.4, 0.5) is 4.79 Å². The number of hydrogen-bond donors (Lipinski definition) is 1. The number of piperidine rings is 1. The third-order valence-corrected chi connectivity index (χ3v) is 9.19. The Bertz CT molecular complexity index is 1490. The first kappa shape index (κ1) is 31.1. The molecular formula is C34H39ClN4O6. The van der Waals surface area contributed by atoms with Crippen molar-refractivity contribution in [2.45, 2.75) is 57.3 Å². The van der Waals surface area contributed by atoms with Crippen LogP contribution in [0.15, 0.2) is 60.7 Å². The highest BCUT2D eigenvalue weighted by Crippen LogP contribution is 2.38. The van der Waals surface area contributed by atoms with E-state index >= 15 is 0 Å². The van der Waals surface area contributed by atoms with Crippen molar-refractivity contribution < 1.29 is 28.9 Å². The molecule has 4 heterocycles. The molecule has 10 nitrogen and oxygen atoms in total. The zero-order valence-corrected chi connectivity index (χ0v) is 26.2. The number of urea groups is 1. The second-order valence-electron chi connectivity index (χ2n) is 11.9. The number of aryl methyl sites for hydroxylation is 1. The molecule has 238 valence electrons. The Labute approximate surface area is 268 Å². The number of aliphatic carboxylic acids is 1. The van der Waals surface area contributed by atoms with Crippen molar-refractivity contribution in [3.8, 4) is 17.4 Å². The maximum Gasteiger partial charge on any atom is 0.341 e. The van der Waals surface area contributed by atoms with E-state index in [1.54, 1.807) is 24.3 Å². The molecular weight excluding hydrogens is 596 g/mol. The van der Waals surface area contributed by atoms with Crippen molar-refractivity contribution in [2.24, 2.45) is 0 Å². The number of aromatic nitrogens is 1. The summed E-state index contributed by atoms with van der Waals surface area (Å²) in [6.45, 7) is 6.25. The molecule has 0 radical (unpaired) electrons. The van der Waals surface area contributed by atoms with E-state index in [9.17, 15) is 9.59 Å². The number of hydrogen-bond acceptors (Lipinski definition) is 7. The first-order valence-corrected chi connectivity index (χ1v) is 16.0. The highest BCUT2D eigenvalue weighted by atomic mass is 35.5. The third-order valence-electron chi connectivity index (χ3n) is 8.96. The number of amides is 2. The molecule has 1 atom stereocenters. The first-order chi connectivity index (χ1) is 21.8. The molecule has 0 spiro atoms. The van der Waals surface area contributed by atoms with Crippen LogP contribution < -0.4 is 9.47 Å². The molecule has 3 fully saturated rings. The number of carbonyl (C=O) groups excluding carboxylic acids is 1.